The van der Waals surface area contributed by atoms with E-state index in [2.05, 4.69) is 0 Å². The molecule has 0 aromatic carbocycles. The Morgan fingerprint density at radius 2 is 0.375 bits per heavy atom. The predicted octanol–water partition coefficient (Wildman–Crippen LogP) is -4.37. The summed E-state index contributed by atoms with van der Waals surface area (Å²) in [7, 11) is 0. The van der Waals surface area contributed by atoms with Gasteiger partial charge >= 0.3 is 0 Å². The van der Waals surface area contributed by atoms with Gasteiger partial charge in [-0.25, -0.2) is 0 Å². The zero-order valence-corrected chi connectivity index (χ0v) is 6.80. The molecule has 62 valence electrons. The average molecular weight is 241 g/mol. The largest absolute Gasteiger partial charge is 0.412 e. The van der Waals surface area contributed by atoms with Crippen molar-refractivity contribution in [1.82, 2.24) is 0 Å². The Bertz CT molecular complexity index is 8.49. The zero-order valence-electron chi connectivity index (χ0n) is 3.82. The molecule has 8 heavy (non-hydrogen) atoms. The van der Waals surface area contributed by atoms with Crippen LogP contribution in [0.4, 0.5) is 0 Å². The smallest absolute Gasteiger partial charge is 0 e. The van der Waals surface area contributed by atoms with Crippen molar-refractivity contribution in [3.05, 3.63) is 0 Å². The van der Waals surface area contributed by atoms with Gasteiger partial charge in [-0.05, 0) is 0 Å². The number of halogens is 1. The molecular weight excluding hydrogens is 228 g/mol. The maximum absolute atomic E-state index is 0. The molecule has 0 rings (SSSR count). The van der Waals surface area contributed by atoms with Gasteiger partial charge in [-0.15, -0.1) is 17.0 Å². The van der Waals surface area contributed by atoms with Crippen LogP contribution in [-0.4, -0.2) is 32.9 Å². The second-order valence-corrected chi connectivity index (χ2v) is 0. The molecule has 0 bridgehead atoms. The van der Waals surface area contributed by atoms with Gasteiger partial charge in [-0.1, -0.05) is 0 Å². The van der Waals surface area contributed by atoms with E-state index in [1.165, 1.54) is 0 Å². The first-order valence-electron chi connectivity index (χ1n) is 0. The maximum Gasteiger partial charge on any atom is 0 e. The van der Waals surface area contributed by atoms with Gasteiger partial charge in [0.05, 0.1) is 0 Å². The molecule has 0 radical (unpaired) electrons. The maximum atomic E-state index is 0. The third kappa shape index (κ3) is 378. The zero-order chi connectivity index (χ0) is 0. The van der Waals surface area contributed by atoms with E-state index in [0.717, 1.165) is 0 Å². The van der Waals surface area contributed by atoms with Gasteiger partial charge in [0.15, 0.2) is 0 Å². The summed E-state index contributed by atoms with van der Waals surface area (Å²) in [4.78, 5) is 0. The first-order valence-corrected chi connectivity index (χ1v) is 0. The van der Waals surface area contributed by atoms with Crippen LogP contribution in [-0.2, 0) is 17.4 Å². The number of rotatable bonds is 0. The summed E-state index contributed by atoms with van der Waals surface area (Å²) >= 11 is 0. The van der Waals surface area contributed by atoms with Crippen molar-refractivity contribution < 1.29 is 50.2 Å². The predicted molar refractivity (Wildman–Crippen MR) is 32.0 cm³/mol. The summed E-state index contributed by atoms with van der Waals surface area (Å²) in [6.45, 7) is 0. The molecule has 0 saturated carbocycles. The summed E-state index contributed by atoms with van der Waals surface area (Å²) in [5.74, 6) is 0. The minimum atomic E-state index is 0. The molecule has 12 N–H and O–H groups in total. The Hall–Kier alpha value is 0.772. The minimum Gasteiger partial charge on any atom is -0.412 e. The quantitative estimate of drug-likeness (QED) is 0.396. The summed E-state index contributed by atoms with van der Waals surface area (Å²) < 4.78 is 0. The Morgan fingerprint density at radius 1 is 0.375 bits per heavy atom. The van der Waals surface area contributed by atoms with E-state index < -0.39 is 0 Å². The fourth-order valence-corrected chi connectivity index (χ4v) is 0. The minimum absolute atomic E-state index is 0. The molecule has 0 heterocycles. The molecule has 0 aliphatic rings. The van der Waals surface area contributed by atoms with Crippen LogP contribution in [0.3, 0.4) is 0 Å². The van der Waals surface area contributed by atoms with Crippen molar-refractivity contribution in [3.8, 4) is 0 Å². The molecule has 0 aliphatic heterocycles. The van der Waals surface area contributed by atoms with Gasteiger partial charge in [0.1, 0.15) is 0 Å². The normalized spacial score (nSPS) is 0. The second-order valence-electron chi connectivity index (χ2n) is 0. The molecule has 0 aliphatic carbocycles. The van der Waals surface area contributed by atoms with E-state index in [4.69, 9.17) is 0 Å². The summed E-state index contributed by atoms with van der Waals surface area (Å²) in [6.07, 6.45) is 0. The molecule has 0 spiro atoms. The topological polar surface area (TPSA) is 189 Å². The third-order valence-electron chi connectivity index (χ3n) is 0. The van der Waals surface area contributed by atoms with Crippen LogP contribution in [0.25, 0.3) is 0 Å². The van der Waals surface area contributed by atoms with Crippen LogP contribution in [0.1, 0.15) is 0 Å². The van der Waals surface area contributed by atoms with Crippen molar-refractivity contribution in [2.45, 2.75) is 0 Å². The van der Waals surface area contributed by atoms with Gasteiger partial charge < -0.3 is 32.9 Å². The third-order valence-corrected chi connectivity index (χ3v) is 0. The molecule has 0 aromatic rings. The van der Waals surface area contributed by atoms with Crippen molar-refractivity contribution in [2.75, 3.05) is 0 Å². The van der Waals surface area contributed by atoms with Gasteiger partial charge in [-0.2, -0.15) is 0 Å². The standard InChI is InChI=1S/BrH.Cr.6H2O/h1H;;6*1H2. The fraction of sp³-hybridized carbons (Fsp3) is 0. The molecule has 0 atom stereocenters. The van der Waals surface area contributed by atoms with Crippen molar-refractivity contribution >= 4 is 17.0 Å². The van der Waals surface area contributed by atoms with Crippen LogP contribution >= 0.6 is 17.0 Å². The van der Waals surface area contributed by atoms with E-state index in [-0.39, 0.29) is 67.2 Å². The van der Waals surface area contributed by atoms with Crippen molar-refractivity contribution in [3.63, 3.8) is 0 Å². The van der Waals surface area contributed by atoms with Crippen molar-refractivity contribution in [2.24, 2.45) is 0 Å². The van der Waals surface area contributed by atoms with Crippen LogP contribution in [0.15, 0.2) is 0 Å². The van der Waals surface area contributed by atoms with Gasteiger partial charge in [-0.3, -0.25) is 0 Å². The van der Waals surface area contributed by atoms with Gasteiger partial charge in [0, 0.05) is 17.4 Å². The Labute approximate surface area is 67.6 Å². The Morgan fingerprint density at radius 3 is 0.375 bits per heavy atom. The van der Waals surface area contributed by atoms with Crippen molar-refractivity contribution in [1.29, 1.82) is 0 Å². The second kappa shape index (κ2) is 597. The molecular formula is H13BrCrO6. The van der Waals surface area contributed by atoms with Gasteiger partial charge in [0.25, 0.3) is 0 Å². The fourth-order valence-electron chi connectivity index (χ4n) is 0. The number of hydrogen-bond acceptors (Lipinski definition) is 0. The molecule has 8 heteroatoms. The van der Waals surface area contributed by atoms with Crippen LogP contribution in [0.5, 0.6) is 0 Å². The first-order chi connectivity index (χ1) is 0. The molecule has 6 nitrogen and oxygen atoms in total. The van der Waals surface area contributed by atoms with E-state index >= 15 is 0 Å². The molecule has 0 saturated heterocycles. The summed E-state index contributed by atoms with van der Waals surface area (Å²) in [5, 5.41) is 0. The van der Waals surface area contributed by atoms with E-state index in [1.807, 2.05) is 0 Å². The SMILES string of the molecule is Br.O.O.O.O.O.O.[Cr]. The first kappa shape index (κ1) is 888. The van der Waals surface area contributed by atoms with Gasteiger partial charge in [0.2, 0.25) is 0 Å². The molecule has 0 fully saturated rings. The van der Waals surface area contributed by atoms with Crippen LogP contribution < -0.4 is 0 Å². The van der Waals surface area contributed by atoms with E-state index in [1.54, 1.807) is 0 Å². The average Bonchev–Trinajstić information content (AvgIpc) is 0. The molecule has 0 amide bonds. The summed E-state index contributed by atoms with van der Waals surface area (Å²) in [5.41, 5.74) is 0. The molecule has 0 aromatic heterocycles. The van der Waals surface area contributed by atoms with Crippen LogP contribution in [0.2, 0.25) is 0 Å². The Balaban J connectivity index is 0. The van der Waals surface area contributed by atoms with Crippen LogP contribution in [0, 0.1) is 0 Å². The summed E-state index contributed by atoms with van der Waals surface area (Å²) in [6, 6.07) is 0. The monoisotopic (exact) mass is 240 g/mol. The number of hydrogen-bond donors (Lipinski definition) is 0. The van der Waals surface area contributed by atoms with E-state index in [0.29, 0.717) is 0 Å². The Kier molecular flexibility index (Phi) is 66300. The van der Waals surface area contributed by atoms with E-state index in [9.17, 15) is 0 Å². The molecule has 0 unspecified atom stereocenters.